The Balaban J connectivity index is 0.00000208. The van der Waals surface area contributed by atoms with Crippen molar-refractivity contribution in [3.8, 4) is 11.1 Å². The summed E-state index contributed by atoms with van der Waals surface area (Å²) in [4.78, 5) is 12.0. The Morgan fingerprint density at radius 3 is 2.17 bits per heavy atom. The van der Waals surface area contributed by atoms with Gasteiger partial charge in [0.25, 0.3) is 0 Å². The standard InChI is InChI=1S/C19H22N2O2.ClH/c1-2-3-12-21(20)19(22)23-13-18-16-10-6-4-8-14(16)15-9-5-7-11-17(15)18;/h4-11,18H,2-3,12-13,20H2,1H3;1H. The third-order valence-corrected chi connectivity index (χ3v) is 4.32. The minimum atomic E-state index is -0.458. The molecule has 2 N–H and O–H groups in total. The van der Waals surface area contributed by atoms with Gasteiger partial charge < -0.3 is 4.74 Å². The maximum Gasteiger partial charge on any atom is 0.424 e. The van der Waals surface area contributed by atoms with Crippen molar-refractivity contribution in [1.82, 2.24) is 5.01 Å². The van der Waals surface area contributed by atoms with Gasteiger partial charge in [-0.05, 0) is 28.7 Å². The van der Waals surface area contributed by atoms with E-state index in [2.05, 4.69) is 31.2 Å². The minimum Gasteiger partial charge on any atom is -0.447 e. The van der Waals surface area contributed by atoms with Crippen LogP contribution in [0.25, 0.3) is 11.1 Å². The van der Waals surface area contributed by atoms with E-state index in [1.807, 2.05) is 24.3 Å². The number of ether oxygens (including phenoxy) is 1. The van der Waals surface area contributed by atoms with E-state index in [9.17, 15) is 4.79 Å². The summed E-state index contributed by atoms with van der Waals surface area (Å²) in [5.41, 5.74) is 4.86. The molecular formula is C19H23ClN2O2. The maximum atomic E-state index is 12.0. The highest BCUT2D eigenvalue weighted by molar-refractivity contribution is 5.85. The molecular weight excluding hydrogens is 324 g/mol. The van der Waals surface area contributed by atoms with E-state index >= 15 is 0 Å². The average molecular weight is 347 g/mol. The first-order valence-electron chi connectivity index (χ1n) is 8.09. The quantitative estimate of drug-likeness (QED) is 0.498. The third kappa shape index (κ3) is 3.55. The van der Waals surface area contributed by atoms with Crippen LogP contribution in [0.2, 0.25) is 0 Å². The zero-order valence-electron chi connectivity index (χ0n) is 13.8. The van der Waals surface area contributed by atoms with Crippen molar-refractivity contribution < 1.29 is 9.53 Å². The Labute approximate surface area is 149 Å². The number of benzene rings is 2. The second-order valence-electron chi connectivity index (χ2n) is 5.85. The molecule has 0 aliphatic heterocycles. The molecule has 1 amide bonds. The summed E-state index contributed by atoms with van der Waals surface area (Å²) >= 11 is 0. The van der Waals surface area contributed by atoms with E-state index in [1.165, 1.54) is 22.3 Å². The molecule has 0 aromatic heterocycles. The van der Waals surface area contributed by atoms with Gasteiger partial charge in [0.1, 0.15) is 6.61 Å². The van der Waals surface area contributed by atoms with Gasteiger partial charge in [-0.25, -0.2) is 15.6 Å². The number of hydrazine groups is 1. The van der Waals surface area contributed by atoms with Crippen molar-refractivity contribution in [2.24, 2.45) is 5.84 Å². The first-order chi connectivity index (χ1) is 11.2. The van der Waals surface area contributed by atoms with Gasteiger partial charge in [0, 0.05) is 12.5 Å². The van der Waals surface area contributed by atoms with Crippen LogP contribution >= 0.6 is 12.4 Å². The molecule has 1 aliphatic carbocycles. The number of rotatable bonds is 5. The summed E-state index contributed by atoms with van der Waals surface area (Å²) in [6, 6.07) is 16.6. The summed E-state index contributed by atoms with van der Waals surface area (Å²) in [6.07, 6.45) is 1.41. The Morgan fingerprint density at radius 2 is 1.62 bits per heavy atom. The molecule has 3 rings (SSSR count). The van der Waals surface area contributed by atoms with Gasteiger partial charge in [-0.3, -0.25) is 0 Å². The summed E-state index contributed by atoms with van der Waals surface area (Å²) in [5.74, 6) is 5.81. The molecule has 0 unspecified atom stereocenters. The van der Waals surface area contributed by atoms with Gasteiger partial charge in [0.2, 0.25) is 0 Å². The lowest BCUT2D eigenvalue weighted by Crippen LogP contribution is -2.39. The Hall–Kier alpha value is -2.04. The van der Waals surface area contributed by atoms with Crippen molar-refractivity contribution in [3.05, 3.63) is 59.7 Å². The fraction of sp³-hybridized carbons (Fsp3) is 0.316. The number of carbonyl (C=O) groups excluding carboxylic acids is 1. The Kier molecular flexibility index (Phi) is 6.23. The lowest BCUT2D eigenvalue weighted by atomic mass is 9.98. The highest BCUT2D eigenvalue weighted by atomic mass is 35.5. The summed E-state index contributed by atoms with van der Waals surface area (Å²) in [5, 5.41) is 1.16. The number of halogens is 1. The molecule has 128 valence electrons. The predicted octanol–water partition coefficient (Wildman–Crippen LogP) is 4.33. The van der Waals surface area contributed by atoms with Crippen molar-refractivity contribution in [2.45, 2.75) is 25.7 Å². The lowest BCUT2D eigenvalue weighted by Gasteiger charge is -2.19. The summed E-state index contributed by atoms with van der Waals surface area (Å²) < 4.78 is 5.46. The van der Waals surface area contributed by atoms with Gasteiger partial charge in [-0.15, -0.1) is 12.4 Å². The van der Waals surface area contributed by atoms with Gasteiger partial charge in [-0.1, -0.05) is 61.9 Å². The van der Waals surface area contributed by atoms with Gasteiger partial charge in [0.15, 0.2) is 0 Å². The molecule has 5 heteroatoms. The zero-order chi connectivity index (χ0) is 16.2. The van der Waals surface area contributed by atoms with Gasteiger partial charge >= 0.3 is 6.09 Å². The van der Waals surface area contributed by atoms with Crippen LogP contribution in [0.15, 0.2) is 48.5 Å². The van der Waals surface area contributed by atoms with Crippen molar-refractivity contribution in [3.63, 3.8) is 0 Å². The molecule has 0 saturated carbocycles. The normalized spacial score (nSPS) is 12.1. The van der Waals surface area contributed by atoms with E-state index in [0.29, 0.717) is 13.2 Å². The number of fused-ring (bicyclic) bond motifs is 3. The third-order valence-electron chi connectivity index (χ3n) is 4.32. The number of nitrogens with two attached hydrogens (primary N) is 1. The smallest absolute Gasteiger partial charge is 0.424 e. The lowest BCUT2D eigenvalue weighted by molar-refractivity contribution is 0.0993. The van der Waals surface area contributed by atoms with Crippen LogP contribution < -0.4 is 5.84 Å². The summed E-state index contributed by atoms with van der Waals surface area (Å²) in [6.45, 7) is 2.89. The summed E-state index contributed by atoms with van der Waals surface area (Å²) in [7, 11) is 0. The first-order valence-corrected chi connectivity index (χ1v) is 8.09. The fourth-order valence-corrected chi connectivity index (χ4v) is 3.10. The molecule has 0 heterocycles. The zero-order valence-corrected chi connectivity index (χ0v) is 14.6. The highest BCUT2D eigenvalue weighted by Gasteiger charge is 2.29. The van der Waals surface area contributed by atoms with Crippen LogP contribution in [-0.2, 0) is 4.74 Å². The van der Waals surface area contributed by atoms with Crippen LogP contribution in [0.4, 0.5) is 4.79 Å². The number of carbonyl (C=O) groups is 1. The van der Waals surface area contributed by atoms with E-state index in [4.69, 9.17) is 10.6 Å². The van der Waals surface area contributed by atoms with Crippen LogP contribution in [0.1, 0.15) is 36.8 Å². The molecule has 1 aliphatic rings. The highest BCUT2D eigenvalue weighted by Crippen LogP contribution is 2.44. The molecule has 0 radical (unpaired) electrons. The predicted molar refractivity (Wildman–Crippen MR) is 98.1 cm³/mol. The fourth-order valence-electron chi connectivity index (χ4n) is 3.10. The molecule has 2 aromatic rings. The minimum absolute atomic E-state index is 0. The molecule has 4 nitrogen and oxygen atoms in total. The van der Waals surface area contributed by atoms with Gasteiger partial charge in [-0.2, -0.15) is 0 Å². The van der Waals surface area contributed by atoms with Crippen LogP contribution in [0, 0.1) is 0 Å². The van der Waals surface area contributed by atoms with Crippen molar-refractivity contribution in [1.29, 1.82) is 0 Å². The average Bonchev–Trinajstić information content (AvgIpc) is 2.91. The molecule has 0 bridgehead atoms. The number of nitrogens with zero attached hydrogens (tertiary/aromatic N) is 1. The van der Waals surface area contributed by atoms with E-state index in [-0.39, 0.29) is 18.3 Å². The molecule has 24 heavy (non-hydrogen) atoms. The first kappa shape index (κ1) is 18.3. The second-order valence-corrected chi connectivity index (χ2v) is 5.85. The number of unbranched alkanes of at least 4 members (excludes halogenated alkanes) is 1. The SMILES string of the molecule is CCCCN(N)C(=O)OCC1c2ccccc2-c2ccccc21.Cl. The molecule has 0 fully saturated rings. The van der Waals surface area contributed by atoms with E-state index in [1.54, 1.807) is 0 Å². The largest absolute Gasteiger partial charge is 0.447 e. The van der Waals surface area contributed by atoms with Crippen molar-refractivity contribution >= 4 is 18.5 Å². The van der Waals surface area contributed by atoms with Crippen LogP contribution in [0.3, 0.4) is 0 Å². The number of hydrogen-bond donors (Lipinski definition) is 1. The monoisotopic (exact) mass is 346 g/mol. The molecule has 0 saturated heterocycles. The second kappa shape index (κ2) is 8.18. The molecule has 0 spiro atoms. The Morgan fingerprint density at radius 1 is 1.08 bits per heavy atom. The molecule has 0 atom stereocenters. The number of amides is 1. The van der Waals surface area contributed by atoms with Crippen LogP contribution in [-0.4, -0.2) is 24.3 Å². The number of hydrogen-bond acceptors (Lipinski definition) is 3. The Bertz CT molecular complexity index is 660. The van der Waals surface area contributed by atoms with Crippen molar-refractivity contribution in [2.75, 3.05) is 13.2 Å². The molecule has 2 aromatic carbocycles. The maximum absolute atomic E-state index is 12.0. The topological polar surface area (TPSA) is 55.6 Å². The van der Waals surface area contributed by atoms with E-state index in [0.717, 1.165) is 17.9 Å². The van der Waals surface area contributed by atoms with E-state index < -0.39 is 6.09 Å². The van der Waals surface area contributed by atoms with Crippen LogP contribution in [0.5, 0.6) is 0 Å². The van der Waals surface area contributed by atoms with Gasteiger partial charge in [0.05, 0.1) is 0 Å².